The molecule has 1 aromatic carbocycles. The van der Waals surface area contributed by atoms with Gasteiger partial charge in [-0.2, -0.15) is 0 Å². The molecule has 2 aromatic heterocycles. The Kier molecular flexibility index (Phi) is 7.28. The SMILES string of the molecule is CC(=O)O.CCC(C)NCCc1c2c(nc3cc4c(cc13)OCO4)-c1cc3c(c(=O)n1C2)COC(=O)C3(O)CC. The number of aliphatic hydroxyl groups is 1. The zero-order chi connectivity index (χ0) is 28.8. The Labute approximate surface area is 230 Å². The van der Waals surface area contributed by atoms with Crippen LogP contribution in [0.1, 0.15) is 62.8 Å². The quantitative estimate of drug-likeness (QED) is 0.305. The lowest BCUT2D eigenvalue weighted by Gasteiger charge is -2.31. The van der Waals surface area contributed by atoms with Gasteiger partial charge in [0.2, 0.25) is 6.79 Å². The van der Waals surface area contributed by atoms with E-state index in [9.17, 15) is 14.7 Å². The molecule has 40 heavy (non-hydrogen) atoms. The van der Waals surface area contributed by atoms with E-state index in [4.69, 9.17) is 29.1 Å². The number of ether oxygens (including phenoxy) is 3. The molecule has 0 spiro atoms. The Morgan fingerprint density at radius 3 is 2.52 bits per heavy atom. The van der Waals surface area contributed by atoms with Crippen LogP contribution in [0.5, 0.6) is 11.5 Å². The molecule has 5 heterocycles. The molecule has 11 heteroatoms. The standard InChI is InChI=1S/C27H29N3O6.C2H4O2/c1-4-14(3)28-7-6-15-16-8-22-23(36-13-35-22)10-20(16)29-24-17(15)11-30-21(24)9-19-18(25(30)31)12-34-26(32)27(19,33)5-2;1-2(3)4/h8-10,14,28,33H,4-7,11-13H2,1-3H3;1H3,(H,3,4). The topological polar surface area (TPSA) is 149 Å². The Balaban J connectivity index is 0.000000758. The Hall–Kier alpha value is -3.96. The van der Waals surface area contributed by atoms with E-state index in [1.807, 2.05) is 12.1 Å². The number of nitrogens with one attached hydrogen (secondary N) is 1. The van der Waals surface area contributed by atoms with E-state index in [1.165, 1.54) is 0 Å². The molecule has 0 saturated carbocycles. The molecule has 0 amide bonds. The third-order valence-electron chi connectivity index (χ3n) is 7.78. The summed E-state index contributed by atoms with van der Waals surface area (Å²) in [7, 11) is 0. The zero-order valence-electron chi connectivity index (χ0n) is 23.0. The predicted molar refractivity (Wildman–Crippen MR) is 145 cm³/mol. The minimum atomic E-state index is -1.85. The number of carbonyl (C=O) groups excluding carboxylic acids is 1. The van der Waals surface area contributed by atoms with Gasteiger partial charge in [0.15, 0.2) is 17.1 Å². The van der Waals surface area contributed by atoms with Gasteiger partial charge in [0, 0.05) is 35.5 Å². The normalized spacial score (nSPS) is 18.8. The van der Waals surface area contributed by atoms with Crippen molar-refractivity contribution in [3.05, 3.63) is 50.8 Å². The molecule has 6 rings (SSSR count). The van der Waals surface area contributed by atoms with E-state index in [0.29, 0.717) is 46.6 Å². The third-order valence-corrected chi connectivity index (χ3v) is 7.78. The van der Waals surface area contributed by atoms with Gasteiger partial charge in [-0.25, -0.2) is 9.78 Å². The number of aliphatic carboxylic acids is 1. The van der Waals surface area contributed by atoms with Crippen molar-refractivity contribution in [2.45, 2.75) is 71.8 Å². The van der Waals surface area contributed by atoms with Crippen molar-refractivity contribution in [3.63, 3.8) is 0 Å². The van der Waals surface area contributed by atoms with Crippen molar-refractivity contribution >= 4 is 22.8 Å². The molecule has 212 valence electrons. The molecule has 11 nitrogen and oxygen atoms in total. The van der Waals surface area contributed by atoms with Crippen molar-refractivity contribution in [2.24, 2.45) is 0 Å². The number of hydrogen-bond donors (Lipinski definition) is 3. The second-order valence-electron chi connectivity index (χ2n) is 10.3. The summed E-state index contributed by atoms with van der Waals surface area (Å²) in [5.41, 5.74) is 2.64. The van der Waals surface area contributed by atoms with Crippen molar-refractivity contribution in [2.75, 3.05) is 13.3 Å². The molecular weight excluding hydrogens is 518 g/mol. The molecule has 0 bridgehead atoms. The van der Waals surface area contributed by atoms with Crippen LogP contribution >= 0.6 is 0 Å². The maximum absolute atomic E-state index is 13.6. The highest BCUT2D eigenvalue weighted by molar-refractivity contribution is 5.91. The van der Waals surface area contributed by atoms with Crippen LogP contribution in [0.4, 0.5) is 0 Å². The van der Waals surface area contributed by atoms with Crippen LogP contribution in [0.3, 0.4) is 0 Å². The molecular formula is C29H33N3O8. The summed E-state index contributed by atoms with van der Waals surface area (Å²) >= 11 is 0. The largest absolute Gasteiger partial charge is 0.481 e. The lowest BCUT2D eigenvalue weighted by molar-refractivity contribution is -0.172. The number of benzene rings is 1. The van der Waals surface area contributed by atoms with Crippen molar-refractivity contribution in [3.8, 4) is 22.9 Å². The molecule has 0 saturated heterocycles. The first kappa shape index (κ1) is 27.6. The number of nitrogens with zero attached hydrogens (tertiary/aromatic N) is 2. The molecule has 3 N–H and O–H groups in total. The lowest BCUT2D eigenvalue weighted by atomic mass is 9.86. The van der Waals surface area contributed by atoms with Gasteiger partial charge in [0.25, 0.3) is 11.5 Å². The number of pyridine rings is 2. The van der Waals surface area contributed by atoms with Crippen LogP contribution in [-0.2, 0) is 39.5 Å². The molecule has 3 aliphatic rings. The number of carbonyl (C=O) groups is 2. The number of fused-ring (bicyclic) bond motifs is 6. The van der Waals surface area contributed by atoms with Gasteiger partial charge in [-0.3, -0.25) is 9.59 Å². The fourth-order valence-electron chi connectivity index (χ4n) is 5.43. The summed E-state index contributed by atoms with van der Waals surface area (Å²) in [6.45, 7) is 8.26. The number of rotatable bonds is 6. The van der Waals surface area contributed by atoms with Crippen LogP contribution in [0.2, 0.25) is 0 Å². The second-order valence-corrected chi connectivity index (χ2v) is 10.3. The van der Waals surface area contributed by atoms with Crippen LogP contribution in [0, 0.1) is 0 Å². The number of esters is 1. The number of cyclic esters (lactones) is 1. The summed E-state index contributed by atoms with van der Waals surface area (Å²) in [5, 5.41) is 23.1. The molecule has 3 aliphatic heterocycles. The van der Waals surface area contributed by atoms with Gasteiger partial charge in [0.1, 0.15) is 6.61 Å². The number of carboxylic acid groups (broad SMARTS) is 1. The molecule has 2 unspecified atom stereocenters. The maximum atomic E-state index is 13.6. The lowest BCUT2D eigenvalue weighted by Crippen LogP contribution is -2.44. The zero-order valence-corrected chi connectivity index (χ0v) is 23.0. The first-order valence-corrected chi connectivity index (χ1v) is 13.4. The molecule has 0 aliphatic carbocycles. The Morgan fingerprint density at radius 1 is 1.15 bits per heavy atom. The van der Waals surface area contributed by atoms with Gasteiger partial charge < -0.3 is 34.3 Å². The van der Waals surface area contributed by atoms with Gasteiger partial charge >= 0.3 is 5.97 Å². The minimum Gasteiger partial charge on any atom is -0.481 e. The number of hydrogen-bond acceptors (Lipinski definition) is 9. The van der Waals surface area contributed by atoms with Crippen molar-refractivity contribution < 1.29 is 34.0 Å². The molecule has 0 radical (unpaired) electrons. The van der Waals surface area contributed by atoms with E-state index in [2.05, 4.69) is 19.2 Å². The molecule has 0 fully saturated rings. The van der Waals surface area contributed by atoms with Gasteiger partial charge in [-0.1, -0.05) is 13.8 Å². The summed E-state index contributed by atoms with van der Waals surface area (Å²) in [6, 6.07) is 5.99. The average Bonchev–Trinajstić information content (AvgIpc) is 3.53. The van der Waals surface area contributed by atoms with Crippen molar-refractivity contribution in [1.29, 1.82) is 0 Å². The van der Waals surface area contributed by atoms with Crippen LogP contribution in [-0.4, -0.2) is 51.1 Å². The van der Waals surface area contributed by atoms with Crippen molar-refractivity contribution in [1.82, 2.24) is 14.9 Å². The first-order chi connectivity index (χ1) is 19.1. The second kappa shape index (κ2) is 10.5. The predicted octanol–water partition coefficient (Wildman–Crippen LogP) is 2.83. The summed E-state index contributed by atoms with van der Waals surface area (Å²) < 4.78 is 18.1. The van der Waals surface area contributed by atoms with Crippen LogP contribution < -0.4 is 20.3 Å². The van der Waals surface area contributed by atoms with E-state index in [0.717, 1.165) is 48.3 Å². The summed E-state index contributed by atoms with van der Waals surface area (Å²) in [5.74, 6) is -0.231. The van der Waals surface area contributed by atoms with Gasteiger partial charge in [0.05, 0.1) is 29.0 Å². The van der Waals surface area contributed by atoms with Crippen LogP contribution in [0.25, 0.3) is 22.3 Å². The summed E-state index contributed by atoms with van der Waals surface area (Å²) in [6.07, 6.45) is 1.88. The average molecular weight is 552 g/mol. The highest BCUT2D eigenvalue weighted by atomic mass is 16.7. The smallest absolute Gasteiger partial charge is 0.343 e. The highest BCUT2D eigenvalue weighted by Gasteiger charge is 2.45. The summed E-state index contributed by atoms with van der Waals surface area (Å²) in [4.78, 5) is 40.0. The fourth-order valence-corrected chi connectivity index (χ4v) is 5.43. The molecule has 3 aromatic rings. The maximum Gasteiger partial charge on any atom is 0.343 e. The highest BCUT2D eigenvalue weighted by Crippen LogP contribution is 2.43. The minimum absolute atomic E-state index is 0.107. The first-order valence-electron chi connectivity index (χ1n) is 13.4. The molecule has 2 atom stereocenters. The number of carboxylic acids is 1. The van der Waals surface area contributed by atoms with E-state index < -0.39 is 17.5 Å². The van der Waals surface area contributed by atoms with E-state index in [-0.39, 0.29) is 25.4 Å². The van der Waals surface area contributed by atoms with Gasteiger partial charge in [-0.15, -0.1) is 0 Å². The number of aromatic nitrogens is 2. The third kappa shape index (κ3) is 4.58. The monoisotopic (exact) mass is 551 g/mol. The van der Waals surface area contributed by atoms with E-state index in [1.54, 1.807) is 17.6 Å². The van der Waals surface area contributed by atoms with Crippen LogP contribution in [0.15, 0.2) is 23.0 Å². The van der Waals surface area contributed by atoms with Gasteiger partial charge in [-0.05, 0) is 50.4 Å². The fraction of sp³-hybridized carbons (Fsp3) is 0.448. The van der Waals surface area contributed by atoms with E-state index >= 15 is 0 Å². The Bertz CT molecular complexity index is 1580. The Morgan fingerprint density at radius 2 is 1.85 bits per heavy atom.